The van der Waals surface area contributed by atoms with Gasteiger partial charge in [-0.15, -0.1) is 0 Å². The van der Waals surface area contributed by atoms with Crippen molar-refractivity contribution in [2.24, 2.45) is 11.8 Å². The number of aromatic hydroxyl groups is 1. The highest BCUT2D eigenvalue weighted by Crippen LogP contribution is 2.43. The number of rotatable bonds is 17. The summed E-state index contributed by atoms with van der Waals surface area (Å²) in [4.78, 5) is 10.8. The summed E-state index contributed by atoms with van der Waals surface area (Å²) in [7, 11) is 0. The van der Waals surface area contributed by atoms with Crippen molar-refractivity contribution >= 4 is 12.1 Å². The third-order valence-electron chi connectivity index (χ3n) is 11.8. The van der Waals surface area contributed by atoms with E-state index in [9.17, 15) is 20.1 Å². The minimum absolute atomic E-state index is 0. The van der Waals surface area contributed by atoms with E-state index in [-0.39, 0.29) is 46.5 Å². The Bertz CT molecular complexity index is 1560. The Morgan fingerprint density at radius 1 is 1.00 bits per heavy atom. The Morgan fingerprint density at radius 2 is 1.73 bits per heavy atom. The Balaban J connectivity index is 0.00000504. The summed E-state index contributed by atoms with van der Waals surface area (Å²) in [6, 6.07) is 21.1. The normalized spacial score (nSPS) is 23.9. The number of phenols is 1. The van der Waals surface area contributed by atoms with Crippen molar-refractivity contribution in [2.45, 2.75) is 82.6 Å². The number of carbonyl (C=O) groups excluding carboxylic acids is 1. The standard InChI is InChI=1S/C41H55N3O6.BrH/c1-29-23-32(30(2)42-25-38(47)33-13-15-37(46)36(24-33)43-28-45)14-16-39(29)49-22-8-19-44-20-17-31(18-21-44)40(26-44)50-27-41(48,35-11-6-7-12-35)34-9-4-3-5-10-34;/h3-5,9-10,13-16,23-24,28,30-31,35,38,40,42,47-48H,6-8,11-12,17-22,25-27H2,1-2H3,(H-,43,45,46);1H/t30?,31?,38-,40-,41+,44?;/m0./s1. The fourth-order valence-electron chi connectivity index (χ4n) is 8.68. The van der Waals surface area contributed by atoms with Gasteiger partial charge in [0, 0.05) is 37.8 Å². The number of carbonyl (C=O) groups is 1. The van der Waals surface area contributed by atoms with Gasteiger partial charge in [0.1, 0.15) is 29.7 Å². The number of phenolic OH excluding ortho intramolecular Hbond substituents is 1. The minimum Gasteiger partial charge on any atom is -1.00 e. The molecule has 9 nitrogen and oxygen atoms in total. The van der Waals surface area contributed by atoms with Crippen molar-refractivity contribution in [3.8, 4) is 11.5 Å². The molecule has 51 heavy (non-hydrogen) atoms. The maximum atomic E-state index is 12.0. The van der Waals surface area contributed by atoms with Crippen molar-refractivity contribution < 1.29 is 51.1 Å². The highest BCUT2D eigenvalue weighted by atomic mass is 79.9. The molecule has 0 spiro atoms. The van der Waals surface area contributed by atoms with Crippen molar-refractivity contribution in [2.75, 3.05) is 51.3 Å². The van der Waals surface area contributed by atoms with Crippen LogP contribution in [0.3, 0.4) is 0 Å². The van der Waals surface area contributed by atoms with Crippen LogP contribution in [0.5, 0.6) is 11.5 Å². The Kier molecular flexibility index (Phi) is 13.6. The maximum Gasteiger partial charge on any atom is 0.211 e. The first-order chi connectivity index (χ1) is 24.2. The molecule has 0 aromatic heterocycles. The molecule has 3 aliphatic heterocycles. The number of quaternary nitrogens is 1. The number of ether oxygens (including phenoxy) is 2. The van der Waals surface area contributed by atoms with Gasteiger partial charge < -0.3 is 56.9 Å². The van der Waals surface area contributed by atoms with Gasteiger partial charge in [-0.25, -0.2) is 0 Å². The van der Waals surface area contributed by atoms with Gasteiger partial charge in [0.15, 0.2) is 0 Å². The molecule has 0 radical (unpaired) electrons. The number of hydrogen-bond donors (Lipinski definition) is 5. The predicted molar refractivity (Wildman–Crippen MR) is 195 cm³/mol. The van der Waals surface area contributed by atoms with Crippen LogP contribution in [0.25, 0.3) is 0 Å². The molecule has 278 valence electrons. The van der Waals surface area contributed by atoms with E-state index in [1.54, 1.807) is 12.1 Å². The van der Waals surface area contributed by atoms with E-state index in [1.165, 1.54) is 44.8 Å². The lowest BCUT2D eigenvalue weighted by molar-refractivity contribution is -0.946. The van der Waals surface area contributed by atoms with E-state index < -0.39 is 11.7 Å². The zero-order valence-electron chi connectivity index (χ0n) is 30.1. The second kappa shape index (κ2) is 17.7. The van der Waals surface area contributed by atoms with E-state index in [1.807, 2.05) is 24.3 Å². The quantitative estimate of drug-likeness (QED) is 0.0621. The van der Waals surface area contributed by atoms with Crippen LogP contribution in [0.15, 0.2) is 66.7 Å². The van der Waals surface area contributed by atoms with Crippen LogP contribution in [-0.2, 0) is 15.1 Å². The van der Waals surface area contributed by atoms with E-state index >= 15 is 0 Å². The van der Waals surface area contributed by atoms with Crippen molar-refractivity contribution in [1.29, 1.82) is 0 Å². The van der Waals surface area contributed by atoms with Crippen LogP contribution >= 0.6 is 0 Å². The highest BCUT2D eigenvalue weighted by Gasteiger charge is 2.48. The van der Waals surface area contributed by atoms with Gasteiger partial charge in [-0.1, -0.05) is 61.4 Å². The van der Waals surface area contributed by atoms with E-state index in [0.717, 1.165) is 59.3 Å². The lowest BCUT2D eigenvalue weighted by Crippen LogP contribution is -3.00. The fourth-order valence-corrected chi connectivity index (χ4v) is 8.68. The molecule has 3 aromatic rings. The SMILES string of the molecule is Cc1cc(C(C)NC[C@H](O)c2ccc(O)c(NC=O)c2)ccc1OCCC[N+]12CCC(CC1)[C@@H](OC[C@@](O)(c1ccccc1)C1CCCC1)C2.[Br-]. The van der Waals surface area contributed by atoms with Gasteiger partial charge in [0.25, 0.3) is 0 Å². The zero-order chi connectivity index (χ0) is 35.1. The molecular weight excluding hydrogens is 710 g/mol. The van der Waals surface area contributed by atoms with E-state index in [0.29, 0.717) is 37.6 Å². The summed E-state index contributed by atoms with van der Waals surface area (Å²) in [6.45, 7) is 9.99. The molecule has 1 aliphatic carbocycles. The number of benzene rings is 3. The first-order valence-corrected chi connectivity index (χ1v) is 18.6. The first-order valence-electron chi connectivity index (χ1n) is 18.6. The summed E-state index contributed by atoms with van der Waals surface area (Å²) in [6.07, 6.45) is 7.75. The minimum atomic E-state index is -0.917. The number of fused-ring (bicyclic) bond motifs is 3. The average Bonchev–Trinajstić information content (AvgIpc) is 3.70. The molecule has 5 N–H and O–H groups in total. The number of aliphatic hydroxyl groups excluding tert-OH is 1. The van der Waals surface area contributed by atoms with Crippen molar-refractivity contribution in [3.05, 3.63) is 89.0 Å². The molecule has 1 saturated carbocycles. The molecular formula is C41H56BrN3O6. The molecule has 4 atom stereocenters. The Morgan fingerprint density at radius 3 is 2.43 bits per heavy atom. The molecule has 1 unspecified atom stereocenters. The Labute approximate surface area is 313 Å². The summed E-state index contributed by atoms with van der Waals surface area (Å²) < 4.78 is 14.1. The maximum absolute atomic E-state index is 12.0. The molecule has 4 fully saturated rings. The molecule has 3 saturated heterocycles. The largest absolute Gasteiger partial charge is 1.00 e. The third-order valence-corrected chi connectivity index (χ3v) is 11.8. The van der Waals surface area contributed by atoms with Gasteiger partial charge in [-0.3, -0.25) is 4.79 Å². The molecule has 7 rings (SSSR count). The lowest BCUT2D eigenvalue weighted by atomic mass is 9.80. The van der Waals surface area contributed by atoms with Crippen LogP contribution in [0, 0.1) is 18.8 Å². The van der Waals surface area contributed by atoms with Crippen LogP contribution in [0.4, 0.5) is 5.69 Å². The number of aliphatic hydroxyl groups is 2. The number of halogens is 1. The number of piperidine rings is 3. The third kappa shape index (κ3) is 9.33. The second-order valence-electron chi connectivity index (χ2n) is 15.1. The van der Waals surface area contributed by atoms with E-state index in [2.05, 4.69) is 48.7 Å². The second-order valence-corrected chi connectivity index (χ2v) is 15.1. The highest BCUT2D eigenvalue weighted by molar-refractivity contribution is 5.75. The van der Waals surface area contributed by atoms with Crippen LogP contribution in [0.1, 0.15) is 86.3 Å². The predicted octanol–water partition coefficient (Wildman–Crippen LogP) is 3.13. The number of nitrogens with zero attached hydrogens (tertiary/aromatic N) is 1. The fraction of sp³-hybridized carbons (Fsp3) is 0.537. The van der Waals surface area contributed by atoms with Gasteiger partial charge in [-0.2, -0.15) is 0 Å². The number of hydrogen-bond acceptors (Lipinski definition) is 7. The smallest absolute Gasteiger partial charge is 0.211 e. The number of nitrogens with one attached hydrogen (secondary N) is 2. The molecule has 1 amide bonds. The zero-order valence-corrected chi connectivity index (χ0v) is 31.7. The monoisotopic (exact) mass is 765 g/mol. The van der Waals surface area contributed by atoms with Crippen LogP contribution in [-0.4, -0.2) is 78.3 Å². The van der Waals surface area contributed by atoms with Crippen molar-refractivity contribution in [3.63, 3.8) is 0 Å². The lowest BCUT2D eigenvalue weighted by Gasteiger charge is -2.53. The summed E-state index contributed by atoms with van der Waals surface area (Å²) in [5.41, 5.74) is 3.12. The van der Waals surface area contributed by atoms with Gasteiger partial charge in [0.05, 0.1) is 44.6 Å². The van der Waals surface area contributed by atoms with Crippen molar-refractivity contribution in [1.82, 2.24) is 5.32 Å². The molecule has 4 aliphatic rings. The van der Waals surface area contributed by atoms with Gasteiger partial charge in [0.2, 0.25) is 6.41 Å². The molecule has 3 heterocycles. The molecule has 10 heteroatoms. The molecule has 2 bridgehead atoms. The number of anilines is 1. The Hall–Kier alpha value is -2.99. The van der Waals surface area contributed by atoms with Gasteiger partial charge in [-0.05, 0) is 73.1 Å². The van der Waals surface area contributed by atoms with Crippen LogP contribution in [0.2, 0.25) is 0 Å². The summed E-state index contributed by atoms with van der Waals surface area (Å²) in [5, 5.41) is 38.5. The summed E-state index contributed by atoms with van der Waals surface area (Å²) in [5.74, 6) is 1.69. The first kappa shape index (κ1) is 39.2. The average molecular weight is 767 g/mol. The number of amides is 1. The number of aryl methyl sites for hydroxylation is 1. The van der Waals surface area contributed by atoms with E-state index in [4.69, 9.17) is 9.47 Å². The van der Waals surface area contributed by atoms with Gasteiger partial charge >= 0.3 is 0 Å². The molecule has 3 aromatic carbocycles. The van der Waals surface area contributed by atoms with Crippen LogP contribution < -0.4 is 32.4 Å². The summed E-state index contributed by atoms with van der Waals surface area (Å²) >= 11 is 0. The topological polar surface area (TPSA) is 120 Å².